The first-order valence-corrected chi connectivity index (χ1v) is 5.28. The van der Waals surface area contributed by atoms with Gasteiger partial charge in [0.25, 0.3) is 0 Å². The van der Waals surface area contributed by atoms with E-state index in [0.29, 0.717) is 11.4 Å². The zero-order valence-electron chi connectivity index (χ0n) is 9.82. The van der Waals surface area contributed by atoms with E-state index in [4.69, 9.17) is 9.47 Å². The molecule has 1 amide bonds. The smallest absolute Gasteiger partial charge is 0.412 e. The Labute approximate surface area is 95.6 Å². The summed E-state index contributed by atoms with van der Waals surface area (Å²) in [4.78, 5) is 11.5. The maximum Gasteiger partial charge on any atom is 0.412 e. The van der Waals surface area contributed by atoms with E-state index in [1.54, 1.807) is 19.2 Å². The topological polar surface area (TPSA) is 47.6 Å². The minimum atomic E-state index is -0.459. The predicted octanol–water partition coefficient (Wildman–Crippen LogP) is 3.04. The summed E-state index contributed by atoms with van der Waals surface area (Å²) in [5.74, 6) is 0.614. The number of hydrogen-bond acceptors (Lipinski definition) is 3. The summed E-state index contributed by atoms with van der Waals surface area (Å²) in [5.41, 5.74) is 0.610. The number of para-hydroxylation sites is 2. The Morgan fingerprint density at radius 3 is 2.75 bits per heavy atom. The molecule has 1 N–H and O–H groups in total. The van der Waals surface area contributed by atoms with Gasteiger partial charge in [-0.25, -0.2) is 4.79 Å². The minimum absolute atomic E-state index is 0.0882. The second-order valence-electron chi connectivity index (χ2n) is 3.45. The lowest BCUT2D eigenvalue weighted by Crippen LogP contribution is -2.19. The van der Waals surface area contributed by atoms with Gasteiger partial charge in [-0.05, 0) is 25.5 Å². The van der Waals surface area contributed by atoms with Crippen LogP contribution in [-0.2, 0) is 4.74 Å². The molecule has 0 aliphatic heterocycles. The van der Waals surface area contributed by atoms with Crippen molar-refractivity contribution in [3.8, 4) is 5.75 Å². The van der Waals surface area contributed by atoms with E-state index in [1.807, 2.05) is 26.0 Å². The summed E-state index contributed by atoms with van der Waals surface area (Å²) in [5, 5.41) is 2.64. The van der Waals surface area contributed by atoms with Crippen molar-refractivity contribution in [2.24, 2.45) is 0 Å². The van der Waals surface area contributed by atoms with Gasteiger partial charge in [0, 0.05) is 0 Å². The highest BCUT2D eigenvalue weighted by Crippen LogP contribution is 2.23. The van der Waals surface area contributed by atoms with Gasteiger partial charge in [-0.15, -0.1) is 0 Å². The molecular weight excluding hydrogens is 206 g/mol. The molecule has 1 rings (SSSR count). The highest BCUT2D eigenvalue weighted by atomic mass is 16.6. The molecule has 1 aromatic rings. The minimum Gasteiger partial charge on any atom is -0.495 e. The van der Waals surface area contributed by atoms with Crippen LogP contribution in [-0.4, -0.2) is 19.3 Å². The lowest BCUT2D eigenvalue weighted by atomic mass is 10.3. The molecule has 1 aromatic carbocycles. The molecule has 88 valence electrons. The number of rotatable bonds is 4. The number of nitrogens with one attached hydrogen (secondary N) is 1. The molecule has 1 unspecified atom stereocenters. The number of hydrogen-bond donors (Lipinski definition) is 1. The molecule has 1 atom stereocenters. The second kappa shape index (κ2) is 6.00. The highest BCUT2D eigenvalue weighted by molar-refractivity contribution is 5.86. The molecule has 0 heterocycles. The lowest BCUT2D eigenvalue weighted by molar-refractivity contribution is 0.118. The first-order chi connectivity index (χ1) is 7.67. The quantitative estimate of drug-likeness (QED) is 0.853. The third-order valence-electron chi connectivity index (χ3n) is 2.23. The van der Waals surface area contributed by atoms with Crippen LogP contribution < -0.4 is 10.1 Å². The fraction of sp³-hybridized carbons (Fsp3) is 0.417. The van der Waals surface area contributed by atoms with Crippen molar-refractivity contribution < 1.29 is 14.3 Å². The van der Waals surface area contributed by atoms with Crippen molar-refractivity contribution in [2.45, 2.75) is 26.4 Å². The number of amides is 1. The average Bonchev–Trinajstić information content (AvgIpc) is 2.29. The molecule has 0 saturated carbocycles. The van der Waals surface area contributed by atoms with Crippen LogP contribution in [0.25, 0.3) is 0 Å². The van der Waals surface area contributed by atoms with Gasteiger partial charge in [0.05, 0.1) is 12.8 Å². The number of carbonyl (C=O) groups is 1. The monoisotopic (exact) mass is 223 g/mol. The van der Waals surface area contributed by atoms with Crippen molar-refractivity contribution in [1.82, 2.24) is 0 Å². The molecule has 0 aliphatic carbocycles. The highest BCUT2D eigenvalue weighted by Gasteiger charge is 2.10. The molecule has 0 saturated heterocycles. The van der Waals surface area contributed by atoms with Crippen molar-refractivity contribution in [2.75, 3.05) is 12.4 Å². The first-order valence-electron chi connectivity index (χ1n) is 5.28. The summed E-state index contributed by atoms with van der Waals surface area (Å²) < 4.78 is 10.2. The van der Waals surface area contributed by atoms with Crippen LogP contribution in [0.15, 0.2) is 24.3 Å². The van der Waals surface area contributed by atoms with Crippen LogP contribution in [0.1, 0.15) is 20.3 Å². The molecule has 4 heteroatoms. The molecular formula is C12H17NO3. The van der Waals surface area contributed by atoms with Gasteiger partial charge in [0.15, 0.2) is 0 Å². The van der Waals surface area contributed by atoms with Crippen molar-refractivity contribution >= 4 is 11.8 Å². The Balaban J connectivity index is 2.62. The third-order valence-corrected chi connectivity index (χ3v) is 2.23. The number of anilines is 1. The maximum atomic E-state index is 11.5. The van der Waals surface area contributed by atoms with Crippen LogP contribution in [0.4, 0.5) is 10.5 Å². The van der Waals surface area contributed by atoms with E-state index in [2.05, 4.69) is 5.32 Å². The summed E-state index contributed by atoms with van der Waals surface area (Å²) >= 11 is 0. The zero-order chi connectivity index (χ0) is 12.0. The largest absolute Gasteiger partial charge is 0.495 e. The second-order valence-corrected chi connectivity index (χ2v) is 3.45. The Bertz CT molecular complexity index is 352. The van der Waals surface area contributed by atoms with Gasteiger partial charge < -0.3 is 9.47 Å². The SMILES string of the molecule is CCC(C)OC(=O)Nc1ccccc1OC. The predicted molar refractivity (Wildman–Crippen MR) is 62.9 cm³/mol. The fourth-order valence-corrected chi connectivity index (χ4v) is 1.15. The standard InChI is InChI=1S/C12H17NO3/c1-4-9(2)16-12(14)13-10-7-5-6-8-11(10)15-3/h5-9H,4H2,1-3H3,(H,13,14). The molecule has 16 heavy (non-hydrogen) atoms. The Hall–Kier alpha value is -1.71. The molecule has 0 aromatic heterocycles. The van der Waals surface area contributed by atoms with E-state index in [-0.39, 0.29) is 6.10 Å². The summed E-state index contributed by atoms with van der Waals surface area (Å²) in [6, 6.07) is 7.20. The van der Waals surface area contributed by atoms with Crippen LogP contribution >= 0.6 is 0 Å². The van der Waals surface area contributed by atoms with Gasteiger partial charge >= 0.3 is 6.09 Å². The van der Waals surface area contributed by atoms with E-state index < -0.39 is 6.09 Å². The van der Waals surface area contributed by atoms with E-state index in [9.17, 15) is 4.79 Å². The molecule has 0 aliphatic rings. The Morgan fingerprint density at radius 1 is 1.44 bits per heavy atom. The summed E-state index contributed by atoms with van der Waals surface area (Å²) in [7, 11) is 1.56. The molecule has 0 radical (unpaired) electrons. The first kappa shape index (κ1) is 12.4. The zero-order valence-corrected chi connectivity index (χ0v) is 9.82. The normalized spacial score (nSPS) is 11.7. The Kier molecular flexibility index (Phi) is 4.64. The average molecular weight is 223 g/mol. The number of methoxy groups -OCH3 is 1. The molecule has 0 fully saturated rings. The van der Waals surface area contributed by atoms with E-state index in [1.165, 1.54) is 0 Å². The van der Waals surface area contributed by atoms with Gasteiger partial charge in [-0.1, -0.05) is 19.1 Å². The van der Waals surface area contributed by atoms with Crippen LogP contribution in [0, 0.1) is 0 Å². The van der Waals surface area contributed by atoms with Crippen molar-refractivity contribution in [3.63, 3.8) is 0 Å². The van der Waals surface area contributed by atoms with E-state index >= 15 is 0 Å². The third kappa shape index (κ3) is 3.46. The van der Waals surface area contributed by atoms with Gasteiger partial charge in [0.2, 0.25) is 0 Å². The number of carbonyl (C=O) groups excluding carboxylic acids is 1. The molecule has 0 bridgehead atoms. The van der Waals surface area contributed by atoms with Crippen LogP contribution in [0.5, 0.6) is 5.75 Å². The summed E-state index contributed by atoms with van der Waals surface area (Å²) in [6.07, 6.45) is 0.243. The van der Waals surface area contributed by atoms with Gasteiger partial charge in [0.1, 0.15) is 11.9 Å². The van der Waals surface area contributed by atoms with Crippen molar-refractivity contribution in [3.05, 3.63) is 24.3 Å². The van der Waals surface area contributed by atoms with Crippen molar-refractivity contribution in [1.29, 1.82) is 0 Å². The molecule has 0 spiro atoms. The number of benzene rings is 1. The lowest BCUT2D eigenvalue weighted by Gasteiger charge is -2.13. The number of ether oxygens (including phenoxy) is 2. The maximum absolute atomic E-state index is 11.5. The summed E-state index contributed by atoms with van der Waals surface area (Å²) in [6.45, 7) is 3.81. The Morgan fingerprint density at radius 2 is 2.12 bits per heavy atom. The van der Waals surface area contributed by atoms with Gasteiger partial charge in [-0.3, -0.25) is 5.32 Å². The van der Waals surface area contributed by atoms with Crippen LogP contribution in [0.2, 0.25) is 0 Å². The van der Waals surface area contributed by atoms with Crippen LogP contribution in [0.3, 0.4) is 0 Å². The fourth-order valence-electron chi connectivity index (χ4n) is 1.15. The molecule has 4 nitrogen and oxygen atoms in total. The van der Waals surface area contributed by atoms with E-state index in [0.717, 1.165) is 6.42 Å². The van der Waals surface area contributed by atoms with Gasteiger partial charge in [-0.2, -0.15) is 0 Å².